The first-order valence-electron chi connectivity index (χ1n) is 9.84. The number of pyridine rings is 1. The molecule has 0 atom stereocenters. The molecule has 2 N–H and O–H groups in total. The highest BCUT2D eigenvalue weighted by Crippen LogP contribution is 2.34. The highest BCUT2D eigenvalue weighted by Gasteiger charge is 2.17. The number of aromatic nitrogens is 3. The van der Waals surface area contributed by atoms with Crippen molar-refractivity contribution in [1.82, 2.24) is 19.9 Å². The molecule has 8 nitrogen and oxygen atoms in total. The van der Waals surface area contributed by atoms with E-state index in [0.29, 0.717) is 46.7 Å². The Morgan fingerprint density at radius 3 is 2.87 bits per heavy atom. The summed E-state index contributed by atoms with van der Waals surface area (Å²) in [5.74, 6) is 1.18. The van der Waals surface area contributed by atoms with Gasteiger partial charge in [0.15, 0.2) is 16.3 Å². The second kappa shape index (κ2) is 9.08. The fraction of sp³-hybridized carbons (Fsp3) is 0.333. The number of hydrogen-bond donors (Lipinski definition) is 2. The Hall–Kier alpha value is -3.20. The summed E-state index contributed by atoms with van der Waals surface area (Å²) in [6, 6.07) is 7.19. The summed E-state index contributed by atoms with van der Waals surface area (Å²) in [5, 5.41) is 3.40. The smallest absolute Gasteiger partial charge is 0.262 e. The van der Waals surface area contributed by atoms with Crippen LogP contribution in [-0.2, 0) is 17.9 Å². The number of carbonyl (C=O) groups is 1. The molecule has 0 radical (unpaired) electrons. The maximum Gasteiger partial charge on any atom is 0.262 e. The Labute approximate surface area is 177 Å². The van der Waals surface area contributed by atoms with E-state index in [1.54, 1.807) is 29.1 Å². The lowest BCUT2D eigenvalue weighted by molar-refractivity contribution is -0.121. The van der Waals surface area contributed by atoms with Gasteiger partial charge in [0.05, 0.1) is 10.9 Å². The van der Waals surface area contributed by atoms with E-state index in [0.717, 1.165) is 24.8 Å². The van der Waals surface area contributed by atoms with Crippen LogP contribution in [0.25, 0.3) is 10.9 Å². The molecule has 1 amide bonds. The van der Waals surface area contributed by atoms with E-state index in [-0.39, 0.29) is 18.3 Å². The summed E-state index contributed by atoms with van der Waals surface area (Å²) in [5.41, 5.74) is 1.45. The van der Waals surface area contributed by atoms with Crippen molar-refractivity contribution in [3.63, 3.8) is 0 Å². The third-order valence-corrected chi connectivity index (χ3v) is 5.30. The zero-order valence-corrected chi connectivity index (χ0v) is 17.2. The predicted octanol–water partition coefficient (Wildman–Crippen LogP) is 3.06. The maximum absolute atomic E-state index is 12.9. The number of rotatable bonds is 8. The normalized spacial score (nSPS) is 12.3. The molecule has 0 aliphatic carbocycles. The number of hydrogen-bond acceptors (Lipinski definition) is 6. The first-order valence-corrected chi connectivity index (χ1v) is 10.2. The molecule has 2 aromatic heterocycles. The summed E-state index contributed by atoms with van der Waals surface area (Å²) >= 11 is 5.36. The Kier molecular flexibility index (Phi) is 6.08. The third-order valence-electron chi connectivity index (χ3n) is 4.97. The molecular formula is C21H22N4O4S. The highest BCUT2D eigenvalue weighted by molar-refractivity contribution is 7.71. The molecule has 0 saturated heterocycles. The number of benzene rings is 1. The number of H-pyrrole nitrogens is 1. The molecule has 0 unspecified atom stereocenters. The Bertz CT molecular complexity index is 1170. The minimum Gasteiger partial charge on any atom is -0.454 e. The summed E-state index contributed by atoms with van der Waals surface area (Å²) in [4.78, 5) is 31.9. The second-order valence-electron chi connectivity index (χ2n) is 7.09. The van der Waals surface area contributed by atoms with Crippen molar-refractivity contribution in [1.29, 1.82) is 0 Å². The molecule has 9 heteroatoms. The molecule has 0 bridgehead atoms. The fourth-order valence-corrected chi connectivity index (χ4v) is 3.65. The SMILES string of the molecule is O=C(CCCCCn1c(=S)[nH]c2cc3c(cc2c1=O)OCO3)NCc1cccnc1. The van der Waals surface area contributed by atoms with Crippen molar-refractivity contribution in [3.05, 3.63) is 57.3 Å². The number of amides is 1. The zero-order valence-electron chi connectivity index (χ0n) is 16.3. The van der Waals surface area contributed by atoms with Crippen molar-refractivity contribution in [2.75, 3.05) is 6.79 Å². The van der Waals surface area contributed by atoms with Crippen LogP contribution in [0.4, 0.5) is 0 Å². The van der Waals surface area contributed by atoms with Crippen LogP contribution >= 0.6 is 12.2 Å². The van der Waals surface area contributed by atoms with Gasteiger partial charge >= 0.3 is 0 Å². The monoisotopic (exact) mass is 426 g/mol. The summed E-state index contributed by atoms with van der Waals surface area (Å²) in [7, 11) is 0. The van der Waals surface area contributed by atoms with Crippen LogP contribution in [-0.4, -0.2) is 27.2 Å². The van der Waals surface area contributed by atoms with E-state index in [1.165, 1.54) is 0 Å². The molecule has 3 aromatic rings. The summed E-state index contributed by atoms with van der Waals surface area (Å²) in [6.07, 6.45) is 6.20. The van der Waals surface area contributed by atoms with E-state index in [2.05, 4.69) is 15.3 Å². The third kappa shape index (κ3) is 4.51. The molecule has 30 heavy (non-hydrogen) atoms. The quantitative estimate of drug-likeness (QED) is 0.424. The van der Waals surface area contributed by atoms with E-state index < -0.39 is 0 Å². The molecule has 4 rings (SSSR count). The van der Waals surface area contributed by atoms with Gasteiger partial charge in [-0.05, 0) is 42.8 Å². The van der Waals surface area contributed by atoms with Crippen molar-refractivity contribution in [2.24, 2.45) is 0 Å². The average molecular weight is 426 g/mol. The van der Waals surface area contributed by atoms with Gasteiger partial charge in [-0.1, -0.05) is 12.5 Å². The average Bonchev–Trinajstić information content (AvgIpc) is 3.21. The number of carbonyl (C=O) groups excluding carboxylic acids is 1. The largest absolute Gasteiger partial charge is 0.454 e. The molecular weight excluding hydrogens is 404 g/mol. The predicted molar refractivity (Wildman–Crippen MR) is 114 cm³/mol. The molecule has 1 aromatic carbocycles. The van der Waals surface area contributed by atoms with Gasteiger partial charge < -0.3 is 19.8 Å². The maximum atomic E-state index is 12.9. The van der Waals surface area contributed by atoms with Crippen molar-refractivity contribution in [3.8, 4) is 11.5 Å². The molecule has 1 aliphatic heterocycles. The minimum absolute atomic E-state index is 0.00934. The topological polar surface area (TPSA) is 98.2 Å². The van der Waals surface area contributed by atoms with Gasteiger partial charge in [0.2, 0.25) is 12.7 Å². The number of nitrogens with one attached hydrogen (secondary N) is 2. The van der Waals surface area contributed by atoms with Crippen LogP contribution in [0.15, 0.2) is 41.5 Å². The summed E-state index contributed by atoms with van der Waals surface area (Å²) in [6.45, 7) is 1.12. The fourth-order valence-electron chi connectivity index (χ4n) is 3.37. The van der Waals surface area contributed by atoms with Crippen LogP contribution in [0.3, 0.4) is 0 Å². The number of fused-ring (bicyclic) bond motifs is 2. The Balaban J connectivity index is 1.29. The van der Waals surface area contributed by atoms with Crippen LogP contribution < -0.4 is 20.3 Å². The lowest BCUT2D eigenvalue weighted by Gasteiger charge is -2.09. The van der Waals surface area contributed by atoms with E-state index in [1.807, 2.05) is 12.1 Å². The Morgan fingerprint density at radius 2 is 2.07 bits per heavy atom. The number of ether oxygens (including phenoxy) is 2. The lowest BCUT2D eigenvalue weighted by Crippen LogP contribution is -2.23. The number of nitrogens with zero attached hydrogens (tertiary/aromatic N) is 2. The van der Waals surface area contributed by atoms with Crippen molar-refractivity contribution < 1.29 is 14.3 Å². The molecule has 0 spiro atoms. The minimum atomic E-state index is -0.152. The van der Waals surface area contributed by atoms with Gasteiger partial charge in [0.1, 0.15) is 0 Å². The first kappa shape index (κ1) is 20.1. The molecule has 3 heterocycles. The van der Waals surface area contributed by atoms with Gasteiger partial charge in [0.25, 0.3) is 5.56 Å². The van der Waals surface area contributed by atoms with Crippen LogP contribution in [0.1, 0.15) is 31.2 Å². The number of aromatic amines is 1. The molecule has 0 saturated carbocycles. The van der Waals surface area contributed by atoms with Crippen LogP contribution in [0.5, 0.6) is 11.5 Å². The van der Waals surface area contributed by atoms with Crippen LogP contribution in [0.2, 0.25) is 0 Å². The molecule has 1 aliphatic rings. The summed E-state index contributed by atoms with van der Waals surface area (Å²) < 4.78 is 12.6. The lowest BCUT2D eigenvalue weighted by atomic mass is 10.1. The zero-order chi connectivity index (χ0) is 20.9. The molecule has 0 fully saturated rings. The second-order valence-corrected chi connectivity index (χ2v) is 7.47. The highest BCUT2D eigenvalue weighted by atomic mass is 32.1. The standard InChI is InChI=1S/C21H22N4O4S/c26-19(23-12-14-5-4-7-22-11-14)6-2-1-3-8-25-20(27)15-9-17-18(29-13-28-17)10-16(15)24-21(25)30/h4-5,7,9-11H,1-3,6,8,12-13H2,(H,23,26)(H,24,30). The van der Waals surface area contributed by atoms with Crippen LogP contribution in [0, 0.1) is 4.77 Å². The van der Waals surface area contributed by atoms with E-state index in [4.69, 9.17) is 21.7 Å². The van der Waals surface area contributed by atoms with Gasteiger partial charge in [-0.2, -0.15) is 0 Å². The van der Waals surface area contributed by atoms with Gasteiger partial charge in [-0.25, -0.2) is 0 Å². The Morgan fingerprint density at radius 1 is 1.23 bits per heavy atom. The van der Waals surface area contributed by atoms with E-state index in [9.17, 15) is 9.59 Å². The van der Waals surface area contributed by atoms with Gasteiger partial charge in [-0.3, -0.25) is 19.1 Å². The first-order chi connectivity index (χ1) is 14.6. The number of unbranched alkanes of at least 4 members (excludes halogenated alkanes) is 2. The van der Waals surface area contributed by atoms with E-state index >= 15 is 0 Å². The van der Waals surface area contributed by atoms with Crippen molar-refractivity contribution >= 4 is 29.0 Å². The molecule has 156 valence electrons. The van der Waals surface area contributed by atoms with Gasteiger partial charge in [-0.15, -0.1) is 0 Å². The van der Waals surface area contributed by atoms with Crippen molar-refractivity contribution in [2.45, 2.75) is 38.8 Å². The van der Waals surface area contributed by atoms with Gasteiger partial charge in [0, 0.05) is 38.0 Å².